The van der Waals surface area contributed by atoms with Crippen LogP contribution in [-0.2, 0) is 16.0 Å². The van der Waals surface area contributed by atoms with Gasteiger partial charge in [-0.25, -0.2) is 4.39 Å². The van der Waals surface area contributed by atoms with Gasteiger partial charge >= 0.3 is 0 Å². The number of ether oxygens (including phenoxy) is 1. The lowest BCUT2D eigenvalue weighted by Crippen LogP contribution is -2.42. The molecule has 2 rings (SSSR count). The van der Waals surface area contributed by atoms with Gasteiger partial charge in [-0.05, 0) is 37.5 Å². The number of nitrogens with zero attached hydrogens (tertiary/aromatic N) is 1. The van der Waals surface area contributed by atoms with Crippen molar-refractivity contribution in [3.05, 3.63) is 35.6 Å². The maximum Gasteiger partial charge on any atom is 0.224 e. The van der Waals surface area contributed by atoms with Gasteiger partial charge in [0.1, 0.15) is 5.82 Å². The first-order chi connectivity index (χ1) is 13.6. The minimum Gasteiger partial charge on any atom is -0.396 e. The molecule has 0 spiro atoms. The predicted molar refractivity (Wildman–Crippen MR) is 122 cm³/mol. The lowest BCUT2D eigenvalue weighted by Gasteiger charge is -2.24. The SMILES string of the molecule is CCNC(=NCC1(CCO)CCOC1)NCCNC(=O)Cc1ccc(F)cc1.I. The molecule has 1 aromatic carbocycles. The third-order valence-electron chi connectivity index (χ3n) is 4.76. The molecule has 1 saturated heterocycles. The molecule has 1 aromatic rings. The summed E-state index contributed by atoms with van der Waals surface area (Å²) < 4.78 is 18.4. The van der Waals surface area contributed by atoms with Crippen molar-refractivity contribution >= 4 is 35.8 Å². The first-order valence-electron chi connectivity index (χ1n) is 9.79. The van der Waals surface area contributed by atoms with Crippen LogP contribution in [0.3, 0.4) is 0 Å². The number of hydrogen-bond acceptors (Lipinski definition) is 4. The third-order valence-corrected chi connectivity index (χ3v) is 4.76. The van der Waals surface area contributed by atoms with Crippen LogP contribution >= 0.6 is 24.0 Å². The van der Waals surface area contributed by atoms with Gasteiger partial charge in [0.05, 0.1) is 19.6 Å². The summed E-state index contributed by atoms with van der Waals surface area (Å²) in [5, 5.41) is 18.5. The normalized spacial score (nSPS) is 18.8. The molecule has 29 heavy (non-hydrogen) atoms. The maximum atomic E-state index is 12.9. The average Bonchev–Trinajstić information content (AvgIpc) is 3.14. The zero-order valence-electron chi connectivity index (χ0n) is 16.9. The highest BCUT2D eigenvalue weighted by molar-refractivity contribution is 14.0. The van der Waals surface area contributed by atoms with Gasteiger partial charge < -0.3 is 25.8 Å². The van der Waals surface area contributed by atoms with Crippen molar-refractivity contribution < 1.29 is 19.0 Å². The number of carbonyl (C=O) groups is 1. The van der Waals surface area contributed by atoms with E-state index in [1.165, 1.54) is 12.1 Å². The molecule has 9 heteroatoms. The zero-order chi connectivity index (χ0) is 20.2. The molecule has 1 aliphatic rings. The molecule has 1 aliphatic heterocycles. The van der Waals surface area contributed by atoms with Crippen molar-refractivity contribution in [2.75, 3.05) is 46.0 Å². The van der Waals surface area contributed by atoms with Gasteiger partial charge in [-0.1, -0.05) is 12.1 Å². The summed E-state index contributed by atoms with van der Waals surface area (Å²) in [5.74, 6) is 0.258. The Morgan fingerprint density at radius 1 is 1.24 bits per heavy atom. The average molecular weight is 522 g/mol. The Balaban J connectivity index is 0.00000420. The van der Waals surface area contributed by atoms with Crippen LogP contribution in [0, 0.1) is 11.2 Å². The van der Waals surface area contributed by atoms with E-state index in [1.54, 1.807) is 12.1 Å². The standard InChI is InChI=1S/C20H31FN4O3.HI/c1-2-22-19(25-14-20(7-11-26)8-12-28-15-20)24-10-9-23-18(27)13-16-3-5-17(21)6-4-16;/h3-6,26H,2,7-15H2,1H3,(H,23,27)(H2,22,24,25);1H. The summed E-state index contributed by atoms with van der Waals surface area (Å²) in [4.78, 5) is 16.6. The highest BCUT2D eigenvalue weighted by atomic mass is 127. The number of rotatable bonds is 10. The molecule has 164 valence electrons. The minimum atomic E-state index is -0.312. The molecule has 0 aromatic heterocycles. The van der Waals surface area contributed by atoms with Crippen molar-refractivity contribution in [3.63, 3.8) is 0 Å². The van der Waals surface area contributed by atoms with Crippen LogP contribution in [0.15, 0.2) is 29.3 Å². The van der Waals surface area contributed by atoms with Crippen LogP contribution in [0.1, 0.15) is 25.3 Å². The Hall–Kier alpha value is -1.46. The molecule has 1 atom stereocenters. The van der Waals surface area contributed by atoms with Gasteiger partial charge in [-0.15, -0.1) is 24.0 Å². The fraction of sp³-hybridized carbons (Fsp3) is 0.600. The number of hydrogen-bond donors (Lipinski definition) is 4. The number of nitrogens with one attached hydrogen (secondary N) is 3. The van der Waals surface area contributed by atoms with Crippen molar-refractivity contribution in [1.82, 2.24) is 16.0 Å². The van der Waals surface area contributed by atoms with E-state index in [4.69, 9.17) is 4.74 Å². The number of aliphatic hydroxyl groups is 1. The Morgan fingerprint density at radius 3 is 2.59 bits per heavy atom. The fourth-order valence-corrected chi connectivity index (χ4v) is 3.11. The van der Waals surface area contributed by atoms with Crippen LogP contribution in [0.25, 0.3) is 0 Å². The number of aliphatic hydroxyl groups excluding tert-OH is 1. The van der Waals surface area contributed by atoms with E-state index in [0.29, 0.717) is 45.2 Å². The van der Waals surface area contributed by atoms with Crippen molar-refractivity contribution in [3.8, 4) is 0 Å². The second-order valence-electron chi connectivity index (χ2n) is 7.05. The zero-order valence-corrected chi connectivity index (χ0v) is 19.2. The second kappa shape index (κ2) is 13.7. The summed E-state index contributed by atoms with van der Waals surface area (Å²) in [6, 6.07) is 5.92. The number of guanidine groups is 1. The van der Waals surface area contributed by atoms with Crippen LogP contribution < -0.4 is 16.0 Å². The number of aliphatic imine (C=N–C) groups is 1. The van der Waals surface area contributed by atoms with Crippen LogP contribution in [0.5, 0.6) is 0 Å². The van der Waals surface area contributed by atoms with Gasteiger partial charge in [0, 0.05) is 38.3 Å². The highest BCUT2D eigenvalue weighted by Gasteiger charge is 2.34. The minimum absolute atomic E-state index is 0. The molecule has 1 unspecified atom stereocenters. The third kappa shape index (κ3) is 9.26. The molecule has 0 aliphatic carbocycles. The quantitative estimate of drug-likeness (QED) is 0.162. The number of benzene rings is 1. The Morgan fingerprint density at radius 2 is 1.97 bits per heavy atom. The molecular weight excluding hydrogens is 490 g/mol. The molecule has 0 radical (unpaired) electrons. The topological polar surface area (TPSA) is 95.0 Å². The Bertz CT molecular complexity index is 637. The van der Waals surface area contributed by atoms with E-state index in [0.717, 1.165) is 18.5 Å². The first kappa shape index (κ1) is 25.6. The largest absolute Gasteiger partial charge is 0.396 e. The summed E-state index contributed by atoms with van der Waals surface area (Å²) in [6.45, 7) is 5.74. The summed E-state index contributed by atoms with van der Waals surface area (Å²) in [6.07, 6.45) is 1.80. The van der Waals surface area contributed by atoms with E-state index in [1.807, 2.05) is 6.92 Å². The van der Waals surface area contributed by atoms with Crippen molar-refractivity contribution in [2.45, 2.75) is 26.2 Å². The van der Waals surface area contributed by atoms with Crippen LogP contribution in [0.4, 0.5) is 4.39 Å². The molecule has 1 heterocycles. The molecule has 0 saturated carbocycles. The number of amides is 1. The van der Waals surface area contributed by atoms with Crippen molar-refractivity contribution in [2.24, 2.45) is 10.4 Å². The molecule has 4 N–H and O–H groups in total. The fourth-order valence-electron chi connectivity index (χ4n) is 3.11. The highest BCUT2D eigenvalue weighted by Crippen LogP contribution is 2.32. The first-order valence-corrected chi connectivity index (χ1v) is 9.79. The van der Waals surface area contributed by atoms with Crippen LogP contribution in [-0.4, -0.2) is 63.0 Å². The van der Waals surface area contributed by atoms with E-state index >= 15 is 0 Å². The summed E-state index contributed by atoms with van der Waals surface area (Å²) in [7, 11) is 0. The van der Waals surface area contributed by atoms with E-state index in [9.17, 15) is 14.3 Å². The Labute approximate surface area is 188 Å². The molecule has 1 fully saturated rings. The van der Waals surface area contributed by atoms with Gasteiger partial charge in [0.2, 0.25) is 5.91 Å². The van der Waals surface area contributed by atoms with E-state index in [-0.39, 0.29) is 54.1 Å². The predicted octanol–water partition coefficient (Wildman–Crippen LogP) is 1.45. The Kier molecular flexibility index (Phi) is 12.1. The van der Waals surface area contributed by atoms with Crippen LogP contribution in [0.2, 0.25) is 0 Å². The van der Waals surface area contributed by atoms with E-state index in [2.05, 4.69) is 20.9 Å². The monoisotopic (exact) mass is 522 g/mol. The van der Waals surface area contributed by atoms with Gasteiger partial charge in [-0.2, -0.15) is 0 Å². The lowest BCUT2D eigenvalue weighted by molar-refractivity contribution is -0.120. The summed E-state index contributed by atoms with van der Waals surface area (Å²) in [5.41, 5.74) is 0.676. The maximum absolute atomic E-state index is 12.9. The summed E-state index contributed by atoms with van der Waals surface area (Å²) >= 11 is 0. The molecule has 0 bridgehead atoms. The molecule has 7 nitrogen and oxygen atoms in total. The van der Waals surface area contributed by atoms with Gasteiger partial charge in [-0.3, -0.25) is 9.79 Å². The van der Waals surface area contributed by atoms with Crippen molar-refractivity contribution in [1.29, 1.82) is 0 Å². The number of carbonyl (C=O) groups excluding carboxylic acids is 1. The molecular formula is C20H32FIN4O3. The van der Waals surface area contributed by atoms with Gasteiger partial charge in [0.25, 0.3) is 0 Å². The van der Waals surface area contributed by atoms with E-state index < -0.39 is 0 Å². The molecule has 1 amide bonds. The van der Waals surface area contributed by atoms with Gasteiger partial charge in [0.15, 0.2) is 5.96 Å². The smallest absolute Gasteiger partial charge is 0.224 e. The number of halogens is 2. The second-order valence-corrected chi connectivity index (χ2v) is 7.05. The lowest BCUT2D eigenvalue weighted by atomic mass is 9.84.